The standard InChI is InChI=1S/C23H34F2N2O3S.ClH/c1-3-18-31(29,30)27-16-14-26(15-17-27)22(10-12-23(24,25)13-11-22)9-8-21(28)20-7-5-4-6-19(20)2;/h4-7H,3,8-18H2,1-2H3;1H. The lowest BCUT2D eigenvalue weighted by atomic mass is 9.74. The second kappa shape index (κ2) is 10.9. The summed E-state index contributed by atoms with van der Waals surface area (Å²) in [7, 11) is -3.26. The molecule has 3 rings (SSSR count). The van der Waals surface area contributed by atoms with Crippen LogP contribution in [0.5, 0.6) is 0 Å². The van der Waals surface area contributed by atoms with Crippen LogP contribution in [0.4, 0.5) is 8.78 Å². The molecule has 0 aromatic heterocycles. The molecule has 0 atom stereocenters. The van der Waals surface area contributed by atoms with E-state index in [0.717, 1.165) is 5.56 Å². The highest BCUT2D eigenvalue weighted by Gasteiger charge is 2.47. The van der Waals surface area contributed by atoms with Crippen molar-refractivity contribution >= 4 is 28.2 Å². The van der Waals surface area contributed by atoms with Crippen LogP contribution in [-0.4, -0.2) is 66.8 Å². The van der Waals surface area contributed by atoms with Crippen molar-refractivity contribution in [1.29, 1.82) is 0 Å². The first-order valence-corrected chi connectivity index (χ1v) is 12.9. The van der Waals surface area contributed by atoms with Gasteiger partial charge in [0.15, 0.2) is 5.78 Å². The Balaban J connectivity index is 0.00000363. The maximum Gasteiger partial charge on any atom is 0.248 e. The van der Waals surface area contributed by atoms with E-state index < -0.39 is 21.5 Å². The van der Waals surface area contributed by atoms with Crippen LogP contribution in [0.1, 0.15) is 67.8 Å². The third-order valence-electron chi connectivity index (χ3n) is 6.94. The van der Waals surface area contributed by atoms with Gasteiger partial charge in [-0.25, -0.2) is 17.2 Å². The van der Waals surface area contributed by atoms with Crippen LogP contribution in [0.2, 0.25) is 0 Å². The van der Waals surface area contributed by atoms with Gasteiger partial charge in [0.25, 0.3) is 0 Å². The van der Waals surface area contributed by atoms with Gasteiger partial charge in [-0.15, -0.1) is 12.4 Å². The van der Waals surface area contributed by atoms with E-state index in [4.69, 9.17) is 0 Å². The number of carbonyl (C=O) groups is 1. The molecule has 0 spiro atoms. The Morgan fingerprint density at radius 1 is 1.03 bits per heavy atom. The number of Topliss-reactive ketones (excluding diaryl/α,β-unsaturated/α-hetero) is 1. The molecule has 2 aliphatic rings. The number of ketones is 1. The molecule has 0 bridgehead atoms. The summed E-state index contributed by atoms with van der Waals surface area (Å²) < 4.78 is 54.2. The highest BCUT2D eigenvalue weighted by atomic mass is 35.5. The van der Waals surface area contributed by atoms with Crippen LogP contribution in [0.3, 0.4) is 0 Å². The van der Waals surface area contributed by atoms with Gasteiger partial charge < -0.3 is 0 Å². The quantitative estimate of drug-likeness (QED) is 0.494. The fourth-order valence-electron chi connectivity index (χ4n) is 5.00. The maximum absolute atomic E-state index is 14.0. The molecule has 1 saturated carbocycles. The summed E-state index contributed by atoms with van der Waals surface area (Å²) in [6.45, 7) is 5.55. The fourth-order valence-corrected chi connectivity index (χ4v) is 6.49. The molecule has 0 radical (unpaired) electrons. The van der Waals surface area contributed by atoms with Crippen molar-refractivity contribution in [2.75, 3.05) is 31.9 Å². The number of halogens is 3. The van der Waals surface area contributed by atoms with Crippen molar-refractivity contribution < 1.29 is 22.0 Å². The van der Waals surface area contributed by atoms with Crippen molar-refractivity contribution in [2.45, 2.75) is 70.3 Å². The first kappa shape index (κ1) is 27.2. The zero-order chi connectivity index (χ0) is 22.7. The van der Waals surface area contributed by atoms with Gasteiger partial charge in [-0.1, -0.05) is 31.2 Å². The summed E-state index contributed by atoms with van der Waals surface area (Å²) in [5.41, 5.74) is 1.14. The Hall–Kier alpha value is -1.09. The van der Waals surface area contributed by atoms with E-state index in [0.29, 0.717) is 63.8 Å². The number of alkyl halides is 2. The number of benzene rings is 1. The molecule has 1 aliphatic heterocycles. The minimum absolute atomic E-state index is 0. The van der Waals surface area contributed by atoms with Gasteiger partial charge in [-0.05, 0) is 38.2 Å². The number of piperazine rings is 1. The molecule has 0 amide bonds. The molecular weight excluding hydrogens is 458 g/mol. The number of hydrogen-bond donors (Lipinski definition) is 0. The van der Waals surface area contributed by atoms with Crippen LogP contribution in [0, 0.1) is 6.92 Å². The van der Waals surface area contributed by atoms with Gasteiger partial charge in [0.1, 0.15) is 0 Å². The van der Waals surface area contributed by atoms with E-state index in [9.17, 15) is 22.0 Å². The largest absolute Gasteiger partial charge is 0.295 e. The summed E-state index contributed by atoms with van der Waals surface area (Å²) in [6, 6.07) is 7.45. The van der Waals surface area contributed by atoms with Gasteiger partial charge in [-0.2, -0.15) is 4.31 Å². The van der Waals surface area contributed by atoms with Crippen molar-refractivity contribution in [3.63, 3.8) is 0 Å². The molecule has 1 saturated heterocycles. The maximum atomic E-state index is 14.0. The van der Waals surface area contributed by atoms with Crippen LogP contribution >= 0.6 is 12.4 Å². The normalized spacial score (nSPS) is 21.6. The minimum Gasteiger partial charge on any atom is -0.295 e. The first-order chi connectivity index (χ1) is 14.6. The highest BCUT2D eigenvalue weighted by Crippen LogP contribution is 2.44. The number of nitrogens with zero attached hydrogens (tertiary/aromatic N) is 2. The molecule has 32 heavy (non-hydrogen) atoms. The smallest absolute Gasteiger partial charge is 0.248 e. The SMILES string of the molecule is CCCS(=O)(=O)N1CCN(C2(CCC(=O)c3ccccc3C)CCC(F)(F)CC2)CC1.Cl. The lowest BCUT2D eigenvalue weighted by Gasteiger charge is -2.51. The van der Waals surface area contributed by atoms with Crippen molar-refractivity contribution in [2.24, 2.45) is 0 Å². The van der Waals surface area contributed by atoms with Crippen LogP contribution in [0.25, 0.3) is 0 Å². The summed E-state index contributed by atoms with van der Waals surface area (Å²) in [5.74, 6) is -2.48. The lowest BCUT2D eigenvalue weighted by molar-refractivity contribution is -0.0891. The van der Waals surface area contributed by atoms with Gasteiger partial charge >= 0.3 is 0 Å². The molecule has 1 aromatic carbocycles. The van der Waals surface area contributed by atoms with Gasteiger partial charge in [0.2, 0.25) is 15.9 Å². The van der Waals surface area contributed by atoms with E-state index >= 15 is 0 Å². The number of hydrogen-bond acceptors (Lipinski definition) is 4. The third kappa shape index (κ3) is 6.27. The van der Waals surface area contributed by atoms with E-state index in [1.807, 2.05) is 38.1 Å². The fraction of sp³-hybridized carbons (Fsp3) is 0.696. The van der Waals surface area contributed by atoms with E-state index in [1.165, 1.54) is 4.31 Å². The van der Waals surface area contributed by atoms with E-state index in [-0.39, 0.29) is 36.8 Å². The van der Waals surface area contributed by atoms with Crippen molar-refractivity contribution in [1.82, 2.24) is 9.21 Å². The average molecular weight is 493 g/mol. The van der Waals surface area contributed by atoms with Gasteiger partial charge in [0, 0.05) is 56.5 Å². The molecule has 1 aliphatic carbocycles. The van der Waals surface area contributed by atoms with Crippen LogP contribution < -0.4 is 0 Å². The molecule has 9 heteroatoms. The number of sulfonamides is 1. The highest BCUT2D eigenvalue weighted by molar-refractivity contribution is 7.89. The lowest BCUT2D eigenvalue weighted by Crippen LogP contribution is -2.60. The van der Waals surface area contributed by atoms with Crippen molar-refractivity contribution in [3.05, 3.63) is 35.4 Å². The summed E-state index contributed by atoms with van der Waals surface area (Å²) in [4.78, 5) is 15.0. The Labute approximate surface area is 197 Å². The molecule has 1 aromatic rings. The molecule has 2 fully saturated rings. The molecule has 0 N–H and O–H groups in total. The van der Waals surface area contributed by atoms with E-state index in [2.05, 4.69) is 4.90 Å². The Morgan fingerprint density at radius 3 is 2.19 bits per heavy atom. The van der Waals surface area contributed by atoms with Crippen LogP contribution in [-0.2, 0) is 10.0 Å². The zero-order valence-electron chi connectivity index (χ0n) is 19.0. The number of rotatable bonds is 8. The molecular formula is C23H35ClF2N2O3S. The second-order valence-corrected chi connectivity index (χ2v) is 11.1. The molecule has 182 valence electrons. The Morgan fingerprint density at radius 2 is 1.62 bits per heavy atom. The molecule has 0 unspecified atom stereocenters. The van der Waals surface area contributed by atoms with Gasteiger partial charge in [0.05, 0.1) is 5.75 Å². The van der Waals surface area contributed by atoms with Crippen molar-refractivity contribution in [3.8, 4) is 0 Å². The predicted octanol–water partition coefficient (Wildman–Crippen LogP) is 4.69. The number of carbonyl (C=O) groups excluding carboxylic acids is 1. The topological polar surface area (TPSA) is 57.7 Å². The summed E-state index contributed by atoms with van der Waals surface area (Å²) in [6.07, 6.45) is 1.72. The van der Waals surface area contributed by atoms with Crippen LogP contribution in [0.15, 0.2) is 24.3 Å². The first-order valence-electron chi connectivity index (χ1n) is 11.3. The summed E-state index contributed by atoms with van der Waals surface area (Å²) in [5, 5.41) is 0. The summed E-state index contributed by atoms with van der Waals surface area (Å²) >= 11 is 0. The van der Waals surface area contributed by atoms with Gasteiger partial charge in [-0.3, -0.25) is 9.69 Å². The Kier molecular flexibility index (Phi) is 9.24. The minimum atomic E-state index is -3.26. The molecule has 5 nitrogen and oxygen atoms in total. The number of aryl methyl sites for hydroxylation is 1. The molecule has 1 heterocycles. The third-order valence-corrected chi connectivity index (χ3v) is 9.02. The second-order valence-electron chi connectivity index (χ2n) is 9.02. The Bertz CT molecular complexity index is 877. The monoisotopic (exact) mass is 492 g/mol. The zero-order valence-corrected chi connectivity index (χ0v) is 20.6. The van der Waals surface area contributed by atoms with E-state index in [1.54, 1.807) is 0 Å². The predicted molar refractivity (Wildman–Crippen MR) is 125 cm³/mol. The average Bonchev–Trinajstić information content (AvgIpc) is 2.73.